The fourth-order valence-electron chi connectivity index (χ4n) is 2.96. The van der Waals surface area contributed by atoms with Gasteiger partial charge < -0.3 is 15.4 Å². The maximum Gasteiger partial charge on any atom is 0.338 e. The van der Waals surface area contributed by atoms with Gasteiger partial charge in [0.05, 0.1) is 28.7 Å². The Kier molecular flexibility index (Phi) is 3.27. The Balaban J connectivity index is 1.85. The average molecular weight is 327 g/mol. The minimum absolute atomic E-state index is 0.264. The van der Waals surface area contributed by atoms with Crippen molar-refractivity contribution in [2.45, 2.75) is 13.0 Å². The van der Waals surface area contributed by atoms with Crippen molar-refractivity contribution in [2.24, 2.45) is 0 Å². The lowest BCUT2D eigenvalue weighted by molar-refractivity contribution is -0.136. The van der Waals surface area contributed by atoms with E-state index in [1.54, 1.807) is 0 Å². The van der Waals surface area contributed by atoms with Crippen molar-refractivity contribution < 1.29 is 9.53 Å². The van der Waals surface area contributed by atoms with Gasteiger partial charge in [0, 0.05) is 5.02 Å². The van der Waals surface area contributed by atoms with Crippen LogP contribution in [0.3, 0.4) is 0 Å². The molecule has 0 bridgehead atoms. The van der Waals surface area contributed by atoms with Gasteiger partial charge in [0.25, 0.3) is 0 Å². The van der Waals surface area contributed by atoms with Gasteiger partial charge in [0.2, 0.25) is 0 Å². The van der Waals surface area contributed by atoms with E-state index in [9.17, 15) is 4.79 Å². The summed E-state index contributed by atoms with van der Waals surface area (Å²) in [6, 6.07) is 13.4. The zero-order valence-electron chi connectivity index (χ0n) is 12.5. The zero-order chi connectivity index (χ0) is 16.0. The number of hydrogen-bond donors (Lipinski definition) is 2. The number of carbonyl (C=O) groups is 1. The van der Waals surface area contributed by atoms with Crippen LogP contribution in [0.2, 0.25) is 5.02 Å². The largest absolute Gasteiger partial charge is 0.456 e. The number of benzene rings is 2. The van der Waals surface area contributed by atoms with Crippen LogP contribution in [0.5, 0.6) is 0 Å². The molecule has 4 nitrogen and oxygen atoms in total. The zero-order valence-corrected chi connectivity index (χ0v) is 13.3. The number of halogens is 1. The van der Waals surface area contributed by atoms with Crippen LogP contribution >= 0.6 is 11.6 Å². The molecule has 1 unspecified atom stereocenters. The van der Waals surface area contributed by atoms with E-state index in [2.05, 4.69) is 10.6 Å². The van der Waals surface area contributed by atoms with Gasteiger partial charge in [-0.2, -0.15) is 0 Å². The normalized spacial score (nSPS) is 19.2. The molecule has 2 aliphatic rings. The summed E-state index contributed by atoms with van der Waals surface area (Å²) in [5.74, 6) is -0.288. The van der Waals surface area contributed by atoms with Crippen molar-refractivity contribution in [3.05, 3.63) is 69.9 Å². The first-order chi connectivity index (χ1) is 11.1. The monoisotopic (exact) mass is 326 g/mol. The summed E-state index contributed by atoms with van der Waals surface area (Å²) in [7, 11) is 0. The summed E-state index contributed by atoms with van der Waals surface area (Å²) in [6.07, 6.45) is 0. The summed E-state index contributed by atoms with van der Waals surface area (Å²) < 4.78 is 5.23. The van der Waals surface area contributed by atoms with Crippen molar-refractivity contribution in [3.8, 4) is 0 Å². The second-order valence-corrected chi connectivity index (χ2v) is 6.21. The van der Waals surface area contributed by atoms with Crippen LogP contribution in [0.25, 0.3) is 0 Å². The molecule has 0 spiro atoms. The lowest BCUT2D eigenvalue weighted by atomic mass is 9.97. The molecule has 0 saturated carbocycles. The highest BCUT2D eigenvalue weighted by Gasteiger charge is 2.35. The lowest BCUT2D eigenvalue weighted by Gasteiger charge is -2.20. The number of anilines is 2. The molecule has 2 aromatic rings. The Morgan fingerprint density at radius 1 is 1.13 bits per heavy atom. The van der Waals surface area contributed by atoms with Gasteiger partial charge in [-0.1, -0.05) is 41.4 Å². The Bertz CT molecular complexity index is 827. The first-order valence-electron chi connectivity index (χ1n) is 7.41. The van der Waals surface area contributed by atoms with Crippen LogP contribution in [-0.4, -0.2) is 12.6 Å². The Morgan fingerprint density at radius 3 is 2.70 bits per heavy atom. The number of cyclic esters (lactones) is 1. The number of fused-ring (bicyclic) bond motifs is 1. The number of rotatable bonds is 1. The van der Waals surface area contributed by atoms with E-state index in [1.165, 1.54) is 5.56 Å². The van der Waals surface area contributed by atoms with E-state index in [0.717, 1.165) is 22.6 Å². The maximum atomic E-state index is 12.2. The summed E-state index contributed by atoms with van der Waals surface area (Å²) in [5, 5.41) is 7.38. The summed E-state index contributed by atoms with van der Waals surface area (Å²) in [4.78, 5) is 12.2. The van der Waals surface area contributed by atoms with Crippen LogP contribution in [0, 0.1) is 6.92 Å². The molecule has 2 aromatic carbocycles. The molecule has 4 rings (SSSR count). The topological polar surface area (TPSA) is 50.4 Å². The number of aryl methyl sites for hydroxylation is 1. The minimum Gasteiger partial charge on any atom is -0.456 e. The molecule has 0 amide bonds. The van der Waals surface area contributed by atoms with Crippen LogP contribution in [0.4, 0.5) is 11.4 Å². The van der Waals surface area contributed by atoms with Crippen molar-refractivity contribution >= 4 is 28.9 Å². The van der Waals surface area contributed by atoms with Crippen LogP contribution in [0.1, 0.15) is 17.2 Å². The molecule has 0 aliphatic carbocycles. The second-order valence-electron chi connectivity index (χ2n) is 5.77. The quantitative estimate of drug-likeness (QED) is 0.777. The van der Waals surface area contributed by atoms with E-state index >= 15 is 0 Å². The fraction of sp³-hybridized carbons (Fsp3) is 0.167. The van der Waals surface area contributed by atoms with E-state index < -0.39 is 0 Å². The van der Waals surface area contributed by atoms with Gasteiger partial charge in [-0.15, -0.1) is 0 Å². The van der Waals surface area contributed by atoms with Gasteiger partial charge in [-0.3, -0.25) is 0 Å². The van der Waals surface area contributed by atoms with Gasteiger partial charge in [-0.05, 0) is 30.7 Å². The van der Waals surface area contributed by atoms with Crippen LogP contribution in [0.15, 0.2) is 53.7 Å². The van der Waals surface area contributed by atoms with E-state index in [1.807, 2.05) is 49.4 Å². The minimum atomic E-state index is -0.288. The number of hydrogen-bond acceptors (Lipinski definition) is 4. The van der Waals surface area contributed by atoms with Crippen molar-refractivity contribution in [1.29, 1.82) is 0 Å². The third-order valence-electron chi connectivity index (χ3n) is 4.16. The number of ether oxygens (including phenoxy) is 1. The first kappa shape index (κ1) is 14.2. The molecular formula is C18H15ClN2O2. The van der Waals surface area contributed by atoms with Crippen LogP contribution in [-0.2, 0) is 9.53 Å². The standard InChI is InChI=1S/C18H15ClN2O2/c1-10-2-4-11(5-3-10)17-16-15(9-23-18(16)22)20-13-7-6-12(19)8-14(13)21-17/h2-8,17,20-21H,9H2,1H3. The van der Waals surface area contributed by atoms with Crippen molar-refractivity contribution in [2.75, 3.05) is 17.2 Å². The Labute approximate surface area is 139 Å². The Hall–Kier alpha value is -2.46. The predicted octanol–water partition coefficient (Wildman–Crippen LogP) is 4.04. The van der Waals surface area contributed by atoms with Gasteiger partial charge >= 0.3 is 5.97 Å². The molecule has 2 heterocycles. The van der Waals surface area contributed by atoms with Crippen molar-refractivity contribution in [1.82, 2.24) is 0 Å². The molecule has 0 aromatic heterocycles. The molecule has 116 valence electrons. The molecule has 0 radical (unpaired) electrons. The van der Waals surface area contributed by atoms with Crippen LogP contribution < -0.4 is 10.6 Å². The summed E-state index contributed by atoms with van der Waals surface area (Å²) in [6.45, 7) is 2.30. The van der Waals surface area contributed by atoms with E-state index in [-0.39, 0.29) is 18.6 Å². The fourth-order valence-corrected chi connectivity index (χ4v) is 3.13. The number of carbonyl (C=O) groups excluding carboxylic acids is 1. The highest BCUT2D eigenvalue weighted by molar-refractivity contribution is 6.31. The lowest BCUT2D eigenvalue weighted by Crippen LogP contribution is -2.17. The van der Waals surface area contributed by atoms with Gasteiger partial charge in [0.1, 0.15) is 6.61 Å². The average Bonchev–Trinajstić information content (AvgIpc) is 2.80. The first-order valence-corrected chi connectivity index (χ1v) is 7.79. The molecule has 2 aliphatic heterocycles. The van der Waals surface area contributed by atoms with Gasteiger partial charge in [-0.25, -0.2) is 4.79 Å². The smallest absolute Gasteiger partial charge is 0.338 e. The third-order valence-corrected chi connectivity index (χ3v) is 4.39. The van der Waals surface area contributed by atoms with E-state index in [0.29, 0.717) is 10.6 Å². The number of esters is 1. The predicted molar refractivity (Wildman–Crippen MR) is 90.6 cm³/mol. The van der Waals surface area contributed by atoms with Gasteiger partial charge in [0.15, 0.2) is 0 Å². The highest BCUT2D eigenvalue weighted by Crippen LogP contribution is 2.40. The molecule has 5 heteroatoms. The molecule has 2 N–H and O–H groups in total. The summed E-state index contributed by atoms with van der Waals surface area (Å²) in [5.41, 5.74) is 5.36. The SMILES string of the molecule is Cc1ccc(C2Nc3cc(Cl)ccc3NC3=C2C(=O)OC3)cc1. The highest BCUT2D eigenvalue weighted by atomic mass is 35.5. The maximum absolute atomic E-state index is 12.2. The number of nitrogens with one attached hydrogen (secondary N) is 2. The molecular weight excluding hydrogens is 312 g/mol. The summed E-state index contributed by atoms with van der Waals surface area (Å²) >= 11 is 6.12. The molecule has 1 atom stereocenters. The van der Waals surface area contributed by atoms with Crippen molar-refractivity contribution in [3.63, 3.8) is 0 Å². The third kappa shape index (κ3) is 2.45. The molecule has 0 fully saturated rings. The second kappa shape index (κ2) is 5.32. The molecule has 23 heavy (non-hydrogen) atoms. The van der Waals surface area contributed by atoms with E-state index in [4.69, 9.17) is 16.3 Å². The molecule has 0 saturated heterocycles. The Morgan fingerprint density at radius 2 is 1.91 bits per heavy atom.